The van der Waals surface area contributed by atoms with E-state index in [1.165, 1.54) is 6.20 Å². The molecule has 0 aromatic carbocycles. The first-order chi connectivity index (χ1) is 11.5. The number of halogens is 7. The van der Waals surface area contributed by atoms with Crippen LogP contribution in [0.1, 0.15) is 18.7 Å². The van der Waals surface area contributed by atoms with Crippen LogP contribution in [-0.4, -0.2) is 46.8 Å². The Morgan fingerprint density at radius 3 is 1.96 bits per heavy atom. The van der Waals surface area contributed by atoms with Crippen molar-refractivity contribution in [3.63, 3.8) is 0 Å². The highest BCUT2D eigenvalue weighted by Gasteiger charge is 2.38. The molecule has 0 radical (unpaired) electrons. The molecule has 2 amide bonds. The van der Waals surface area contributed by atoms with Crippen molar-refractivity contribution in [2.75, 3.05) is 13.1 Å². The second-order valence-corrected chi connectivity index (χ2v) is 5.00. The van der Waals surface area contributed by atoms with Crippen LogP contribution in [0.3, 0.4) is 0 Å². The molecule has 150 valence electrons. The molecule has 0 aliphatic heterocycles. The van der Waals surface area contributed by atoms with Gasteiger partial charge in [0.2, 0.25) is 0 Å². The van der Waals surface area contributed by atoms with Gasteiger partial charge in [0.25, 0.3) is 0 Å². The van der Waals surface area contributed by atoms with Gasteiger partial charge in [-0.25, -0.2) is 4.98 Å². The number of rotatable bonds is 8. The summed E-state index contributed by atoms with van der Waals surface area (Å²) in [5.74, 6) is -3.52. The largest absolute Gasteiger partial charge is 0.471 e. The smallest absolute Gasteiger partial charge is 0.348 e. The molecule has 2 N–H and O–H groups in total. The van der Waals surface area contributed by atoms with Gasteiger partial charge in [0.15, 0.2) is 0 Å². The van der Waals surface area contributed by atoms with Crippen LogP contribution in [0.2, 0.25) is 0 Å². The van der Waals surface area contributed by atoms with Crippen LogP contribution in [0.25, 0.3) is 0 Å². The molecule has 0 bridgehead atoms. The van der Waals surface area contributed by atoms with E-state index in [-0.39, 0.29) is 55.9 Å². The minimum Gasteiger partial charge on any atom is -0.348 e. The van der Waals surface area contributed by atoms with E-state index in [1.807, 2.05) is 0 Å². The molecule has 1 heterocycles. The van der Waals surface area contributed by atoms with Crippen molar-refractivity contribution < 1.29 is 35.9 Å². The molecule has 0 spiro atoms. The zero-order valence-electron chi connectivity index (χ0n) is 13.3. The maximum absolute atomic E-state index is 12.0. The monoisotopic (exact) mass is 454 g/mol. The van der Waals surface area contributed by atoms with Gasteiger partial charge in [-0.15, -0.1) is 17.0 Å². The maximum Gasteiger partial charge on any atom is 0.471 e. The Morgan fingerprint density at radius 2 is 1.46 bits per heavy atom. The van der Waals surface area contributed by atoms with E-state index in [1.54, 1.807) is 21.4 Å². The molecule has 1 aromatic heterocycles. The molecule has 6 nitrogen and oxygen atoms in total. The van der Waals surface area contributed by atoms with E-state index in [4.69, 9.17) is 0 Å². The molecular weight excluding hydrogens is 438 g/mol. The summed E-state index contributed by atoms with van der Waals surface area (Å²) in [6, 6.07) is 0. The summed E-state index contributed by atoms with van der Waals surface area (Å²) in [4.78, 5) is 25.2. The third-order valence-electron chi connectivity index (χ3n) is 3.04. The summed E-state index contributed by atoms with van der Waals surface area (Å²) in [5, 5.41) is 3.46. The lowest BCUT2D eigenvalue weighted by Gasteiger charge is -2.10. The second-order valence-electron chi connectivity index (χ2n) is 5.00. The summed E-state index contributed by atoms with van der Waals surface area (Å²) in [6.45, 7) is -0.0904. The van der Waals surface area contributed by atoms with Gasteiger partial charge in [-0.05, 0) is 12.8 Å². The molecule has 1 aromatic rings. The van der Waals surface area contributed by atoms with Crippen molar-refractivity contribution in [3.8, 4) is 0 Å². The van der Waals surface area contributed by atoms with Crippen molar-refractivity contribution in [3.05, 3.63) is 18.2 Å². The summed E-state index contributed by atoms with van der Waals surface area (Å²) < 4.78 is 73.6. The molecule has 0 aliphatic rings. The minimum absolute atomic E-state index is 0. The first-order valence-electron chi connectivity index (χ1n) is 7.22. The van der Waals surface area contributed by atoms with Crippen molar-refractivity contribution in [1.82, 2.24) is 20.2 Å². The molecular formula is C13H17BrF6N4O2. The molecule has 0 saturated heterocycles. The van der Waals surface area contributed by atoms with Gasteiger partial charge in [0.05, 0.1) is 0 Å². The zero-order chi connectivity index (χ0) is 19.1. The van der Waals surface area contributed by atoms with E-state index >= 15 is 0 Å². The standard InChI is InChI=1S/C13H16F6N4O2.BrH/c14-12(15,16)10(24)21-4-1-3-9-20-6-8-23(9)7-2-5-22-11(25)13(17,18)19;/h6,8H,1-5,7H2,(H,21,24)(H,22,25);1H. The number of hydrogen-bond acceptors (Lipinski definition) is 3. The van der Waals surface area contributed by atoms with Gasteiger partial charge in [-0.3, -0.25) is 9.59 Å². The molecule has 1 rings (SSSR count). The van der Waals surface area contributed by atoms with E-state index in [2.05, 4.69) is 4.98 Å². The van der Waals surface area contributed by atoms with Gasteiger partial charge in [0.1, 0.15) is 5.82 Å². The number of amides is 2. The fourth-order valence-corrected chi connectivity index (χ4v) is 1.87. The summed E-state index contributed by atoms with van der Waals surface area (Å²) in [5.41, 5.74) is 0. The van der Waals surface area contributed by atoms with Crippen molar-refractivity contribution in [1.29, 1.82) is 0 Å². The number of imidazole rings is 1. The molecule has 0 fully saturated rings. The van der Waals surface area contributed by atoms with Crippen molar-refractivity contribution in [2.45, 2.75) is 38.2 Å². The Labute approximate surface area is 155 Å². The zero-order valence-corrected chi connectivity index (χ0v) is 15.0. The highest BCUT2D eigenvalue weighted by Crippen LogP contribution is 2.14. The predicted octanol–water partition coefficient (Wildman–Crippen LogP) is 2.14. The third-order valence-corrected chi connectivity index (χ3v) is 3.04. The molecule has 0 saturated carbocycles. The van der Waals surface area contributed by atoms with Crippen LogP contribution in [0.15, 0.2) is 12.4 Å². The van der Waals surface area contributed by atoms with Gasteiger partial charge in [-0.2, -0.15) is 26.3 Å². The third kappa shape index (κ3) is 8.54. The number of aryl methyl sites for hydroxylation is 2. The van der Waals surface area contributed by atoms with E-state index in [9.17, 15) is 35.9 Å². The lowest BCUT2D eigenvalue weighted by molar-refractivity contribution is -0.173. The number of aromatic nitrogens is 2. The van der Waals surface area contributed by atoms with Crippen LogP contribution < -0.4 is 10.6 Å². The number of nitrogens with zero attached hydrogens (tertiary/aromatic N) is 2. The average Bonchev–Trinajstić information content (AvgIpc) is 2.93. The number of alkyl halides is 6. The van der Waals surface area contributed by atoms with E-state index < -0.39 is 24.2 Å². The number of carbonyl (C=O) groups excluding carboxylic acids is 2. The fraction of sp³-hybridized carbons (Fsp3) is 0.615. The Hall–Kier alpha value is -1.79. The van der Waals surface area contributed by atoms with Gasteiger partial charge in [0, 0.05) is 38.4 Å². The highest BCUT2D eigenvalue weighted by atomic mass is 79.9. The SMILES string of the molecule is Br.O=C(NCCCc1nccn1CCCNC(=O)C(F)(F)F)C(F)(F)F. The first kappa shape index (κ1) is 24.2. The van der Waals surface area contributed by atoms with Crippen LogP contribution in [-0.2, 0) is 22.6 Å². The Kier molecular flexibility index (Phi) is 9.67. The quantitative estimate of drug-likeness (QED) is 0.466. The van der Waals surface area contributed by atoms with Crippen LogP contribution in [0, 0.1) is 0 Å². The molecule has 0 unspecified atom stereocenters. The summed E-state index contributed by atoms with van der Waals surface area (Å²) in [6.07, 6.45) is -6.15. The molecule has 13 heteroatoms. The Bertz CT molecular complexity index is 539. The minimum atomic E-state index is -4.93. The van der Waals surface area contributed by atoms with Crippen LogP contribution in [0.5, 0.6) is 0 Å². The van der Waals surface area contributed by atoms with E-state index in [0.717, 1.165) is 0 Å². The van der Waals surface area contributed by atoms with Crippen molar-refractivity contribution >= 4 is 28.8 Å². The number of carbonyl (C=O) groups is 2. The lowest BCUT2D eigenvalue weighted by atomic mass is 10.3. The average molecular weight is 455 g/mol. The highest BCUT2D eigenvalue weighted by molar-refractivity contribution is 8.93. The first-order valence-corrected chi connectivity index (χ1v) is 7.22. The van der Waals surface area contributed by atoms with Gasteiger partial charge >= 0.3 is 24.2 Å². The maximum atomic E-state index is 12.0. The van der Waals surface area contributed by atoms with E-state index in [0.29, 0.717) is 5.82 Å². The van der Waals surface area contributed by atoms with Gasteiger partial charge < -0.3 is 15.2 Å². The molecule has 0 atom stereocenters. The van der Waals surface area contributed by atoms with Crippen LogP contribution >= 0.6 is 17.0 Å². The molecule has 26 heavy (non-hydrogen) atoms. The number of nitrogens with one attached hydrogen (secondary N) is 2. The fourth-order valence-electron chi connectivity index (χ4n) is 1.87. The summed E-state index contributed by atoms with van der Waals surface area (Å²) >= 11 is 0. The van der Waals surface area contributed by atoms with Crippen LogP contribution in [0.4, 0.5) is 26.3 Å². The summed E-state index contributed by atoms with van der Waals surface area (Å²) in [7, 11) is 0. The Morgan fingerprint density at radius 1 is 0.962 bits per heavy atom. The second kappa shape index (κ2) is 10.4. The topological polar surface area (TPSA) is 76.0 Å². The lowest BCUT2D eigenvalue weighted by Crippen LogP contribution is -2.37. The molecule has 0 aliphatic carbocycles. The van der Waals surface area contributed by atoms with Crippen molar-refractivity contribution in [2.24, 2.45) is 0 Å². The Balaban J connectivity index is 0.00000625. The normalized spacial score (nSPS) is 11.6. The number of hydrogen-bond donors (Lipinski definition) is 2. The van der Waals surface area contributed by atoms with Gasteiger partial charge in [-0.1, -0.05) is 0 Å². The predicted molar refractivity (Wildman–Crippen MR) is 83.6 cm³/mol.